The van der Waals surface area contributed by atoms with Crippen molar-refractivity contribution in [1.82, 2.24) is 20.3 Å². The van der Waals surface area contributed by atoms with Crippen LogP contribution in [0.2, 0.25) is 0 Å². The predicted octanol–water partition coefficient (Wildman–Crippen LogP) is 2.64. The fourth-order valence-corrected chi connectivity index (χ4v) is 4.72. The van der Waals surface area contributed by atoms with E-state index in [9.17, 15) is 14.4 Å². The Hall–Kier alpha value is -3.97. The van der Waals surface area contributed by atoms with E-state index in [1.165, 1.54) is 6.92 Å². The number of amides is 2. The zero-order chi connectivity index (χ0) is 30.3. The van der Waals surface area contributed by atoms with Crippen LogP contribution in [0.1, 0.15) is 25.3 Å². The van der Waals surface area contributed by atoms with Gasteiger partial charge in [0, 0.05) is 37.4 Å². The number of carbonyl (C=O) groups excluding carboxylic acids is 3. The summed E-state index contributed by atoms with van der Waals surface area (Å²) in [4.78, 5) is 36.7. The molecule has 0 radical (unpaired) electrons. The molecular formula is C31H39N5O7. The average molecular weight is 594 g/mol. The highest BCUT2D eigenvalue weighted by atomic mass is 16.6. The molecule has 0 fully saturated rings. The standard InChI is InChI=1S/C31H39N5O7/c1-24(38)32-12-11-29(39)35-23-25-7-2-3-8-26(25)31-30(27-9-4-5-10-28(27)35)33-34-36(31)13-16-41-18-20-43-22-21-42-19-17-40-15-6-14-37/h2-5,7-10,14H,6,11-13,15-23H2,1H3,(H,32,38). The number of nitrogens with zero attached hydrogens (tertiary/aromatic N) is 4. The largest absolute Gasteiger partial charge is 0.379 e. The van der Waals surface area contributed by atoms with Crippen LogP contribution >= 0.6 is 0 Å². The van der Waals surface area contributed by atoms with Gasteiger partial charge in [-0.3, -0.25) is 9.59 Å². The molecule has 43 heavy (non-hydrogen) atoms. The van der Waals surface area contributed by atoms with Crippen LogP contribution in [0, 0.1) is 0 Å². The molecule has 230 valence electrons. The normalized spacial score (nSPS) is 12.1. The molecule has 0 unspecified atom stereocenters. The average Bonchev–Trinajstić information content (AvgIpc) is 3.42. The minimum atomic E-state index is -0.167. The van der Waals surface area contributed by atoms with Gasteiger partial charge in [0.05, 0.1) is 77.3 Å². The van der Waals surface area contributed by atoms with E-state index in [0.717, 1.165) is 34.4 Å². The minimum absolute atomic E-state index is 0.0888. The molecule has 0 saturated heterocycles. The van der Waals surface area contributed by atoms with Crippen LogP contribution in [0.4, 0.5) is 5.69 Å². The van der Waals surface area contributed by atoms with Crippen LogP contribution < -0.4 is 10.2 Å². The van der Waals surface area contributed by atoms with Crippen molar-refractivity contribution in [3.8, 4) is 22.5 Å². The molecule has 1 N–H and O–H groups in total. The number of ether oxygens (including phenoxy) is 4. The summed E-state index contributed by atoms with van der Waals surface area (Å²) in [6.45, 7) is 6.12. The van der Waals surface area contributed by atoms with Gasteiger partial charge in [0.15, 0.2) is 0 Å². The maximum Gasteiger partial charge on any atom is 0.229 e. The third kappa shape index (κ3) is 9.26. The Morgan fingerprint density at radius 3 is 2.19 bits per heavy atom. The van der Waals surface area contributed by atoms with E-state index in [0.29, 0.717) is 78.1 Å². The lowest BCUT2D eigenvalue weighted by Gasteiger charge is -2.28. The molecule has 4 rings (SSSR count). The van der Waals surface area contributed by atoms with Gasteiger partial charge in [0.2, 0.25) is 11.8 Å². The lowest BCUT2D eigenvalue weighted by molar-refractivity contribution is -0.120. The number of carbonyl (C=O) groups is 3. The quantitative estimate of drug-likeness (QED) is 0.175. The summed E-state index contributed by atoms with van der Waals surface area (Å²) in [5.74, 6) is -0.255. The van der Waals surface area contributed by atoms with Crippen molar-refractivity contribution in [1.29, 1.82) is 0 Å². The van der Waals surface area contributed by atoms with Crippen LogP contribution in [0.5, 0.6) is 0 Å². The van der Waals surface area contributed by atoms with Crippen molar-refractivity contribution in [2.45, 2.75) is 32.9 Å². The molecule has 2 aromatic carbocycles. The Morgan fingerprint density at radius 2 is 1.49 bits per heavy atom. The third-order valence-corrected chi connectivity index (χ3v) is 6.74. The Bertz CT molecular complexity index is 1350. The second-order valence-corrected chi connectivity index (χ2v) is 9.80. The first-order chi connectivity index (χ1) is 21.1. The Kier molecular flexibility index (Phi) is 12.8. The number of benzene rings is 2. The van der Waals surface area contributed by atoms with Gasteiger partial charge >= 0.3 is 0 Å². The van der Waals surface area contributed by atoms with Crippen molar-refractivity contribution < 1.29 is 33.3 Å². The SMILES string of the molecule is CC(=O)NCCC(=O)N1Cc2ccccc2-c2c(nnn2CCOCCOCCOCCOCCC=O)-c2ccccc21. The minimum Gasteiger partial charge on any atom is -0.379 e. The lowest BCUT2D eigenvalue weighted by Crippen LogP contribution is -2.34. The number of rotatable bonds is 18. The second kappa shape index (κ2) is 17.2. The Morgan fingerprint density at radius 1 is 0.860 bits per heavy atom. The number of fused-ring (bicyclic) bond motifs is 5. The molecule has 3 aromatic rings. The first-order valence-electron chi connectivity index (χ1n) is 14.5. The van der Waals surface area contributed by atoms with E-state index in [4.69, 9.17) is 18.9 Å². The summed E-state index contributed by atoms with van der Waals surface area (Å²) in [5.41, 5.74) is 5.06. The van der Waals surface area contributed by atoms with E-state index in [-0.39, 0.29) is 24.8 Å². The maximum absolute atomic E-state index is 13.4. The summed E-state index contributed by atoms with van der Waals surface area (Å²) in [5, 5.41) is 11.7. The first kappa shape index (κ1) is 32.0. The molecule has 0 saturated carbocycles. The molecule has 0 bridgehead atoms. The summed E-state index contributed by atoms with van der Waals surface area (Å²) in [6.07, 6.45) is 1.41. The highest BCUT2D eigenvalue weighted by Crippen LogP contribution is 2.41. The number of anilines is 1. The summed E-state index contributed by atoms with van der Waals surface area (Å²) in [6, 6.07) is 15.7. The molecule has 1 aromatic heterocycles. The van der Waals surface area contributed by atoms with Crippen LogP contribution in [-0.2, 0) is 46.4 Å². The van der Waals surface area contributed by atoms with Gasteiger partial charge in [0.1, 0.15) is 12.0 Å². The van der Waals surface area contributed by atoms with E-state index in [1.54, 1.807) is 4.90 Å². The summed E-state index contributed by atoms with van der Waals surface area (Å²) < 4.78 is 23.9. The van der Waals surface area contributed by atoms with E-state index >= 15 is 0 Å². The monoisotopic (exact) mass is 593 g/mol. The molecule has 0 spiro atoms. The fraction of sp³-hybridized carbons (Fsp3) is 0.452. The van der Waals surface area contributed by atoms with E-state index in [1.807, 2.05) is 53.2 Å². The first-order valence-corrected chi connectivity index (χ1v) is 14.5. The fourth-order valence-electron chi connectivity index (χ4n) is 4.72. The highest BCUT2D eigenvalue weighted by Gasteiger charge is 2.28. The number of hydrogen-bond donors (Lipinski definition) is 1. The number of nitrogens with one attached hydrogen (secondary N) is 1. The van der Waals surface area contributed by atoms with E-state index < -0.39 is 0 Å². The van der Waals surface area contributed by atoms with Crippen LogP contribution in [0.3, 0.4) is 0 Å². The number of aldehydes is 1. The van der Waals surface area contributed by atoms with Crippen molar-refractivity contribution in [3.63, 3.8) is 0 Å². The Labute approximate surface area is 251 Å². The zero-order valence-corrected chi connectivity index (χ0v) is 24.5. The Balaban J connectivity index is 1.35. The van der Waals surface area contributed by atoms with Gasteiger partial charge in [-0.05, 0) is 11.6 Å². The second-order valence-electron chi connectivity index (χ2n) is 9.80. The molecular weight excluding hydrogens is 554 g/mol. The zero-order valence-electron chi connectivity index (χ0n) is 24.5. The van der Waals surface area contributed by atoms with Crippen molar-refractivity contribution in [2.24, 2.45) is 0 Å². The van der Waals surface area contributed by atoms with Crippen LogP contribution in [0.15, 0.2) is 48.5 Å². The van der Waals surface area contributed by atoms with Crippen molar-refractivity contribution >= 4 is 23.8 Å². The third-order valence-electron chi connectivity index (χ3n) is 6.74. The molecule has 1 aliphatic heterocycles. The highest BCUT2D eigenvalue weighted by molar-refractivity contribution is 6.00. The molecule has 1 aliphatic rings. The van der Waals surface area contributed by atoms with Gasteiger partial charge in [-0.2, -0.15) is 0 Å². The number of aromatic nitrogens is 3. The van der Waals surface area contributed by atoms with Crippen molar-refractivity contribution in [3.05, 3.63) is 54.1 Å². The number of para-hydroxylation sites is 1. The molecule has 12 heteroatoms. The van der Waals surface area contributed by atoms with Gasteiger partial charge in [-0.25, -0.2) is 4.68 Å². The molecule has 0 atom stereocenters. The lowest BCUT2D eigenvalue weighted by atomic mass is 9.95. The molecule has 0 aliphatic carbocycles. The smallest absolute Gasteiger partial charge is 0.229 e. The predicted molar refractivity (Wildman–Crippen MR) is 159 cm³/mol. The number of hydrogen-bond acceptors (Lipinski definition) is 9. The van der Waals surface area contributed by atoms with Crippen molar-refractivity contribution in [2.75, 3.05) is 64.3 Å². The van der Waals surface area contributed by atoms with Gasteiger partial charge in [-0.15, -0.1) is 5.10 Å². The topological polar surface area (TPSA) is 134 Å². The summed E-state index contributed by atoms with van der Waals surface area (Å²) in [7, 11) is 0. The van der Waals surface area contributed by atoms with Crippen LogP contribution in [0.25, 0.3) is 22.5 Å². The van der Waals surface area contributed by atoms with Gasteiger partial charge < -0.3 is 34.0 Å². The maximum atomic E-state index is 13.4. The molecule has 12 nitrogen and oxygen atoms in total. The molecule has 2 heterocycles. The van der Waals surface area contributed by atoms with Gasteiger partial charge in [-0.1, -0.05) is 47.7 Å². The summed E-state index contributed by atoms with van der Waals surface area (Å²) >= 11 is 0. The van der Waals surface area contributed by atoms with Crippen LogP contribution in [-0.4, -0.2) is 92.5 Å². The molecule has 2 amide bonds. The van der Waals surface area contributed by atoms with E-state index in [2.05, 4.69) is 15.6 Å². The van der Waals surface area contributed by atoms with Gasteiger partial charge in [0.25, 0.3) is 0 Å².